The van der Waals surface area contributed by atoms with Crippen molar-refractivity contribution in [2.45, 2.75) is 419 Å². The molecule has 0 aromatic heterocycles. The van der Waals surface area contributed by atoms with Gasteiger partial charge in [-0.25, -0.2) is 9.13 Å². The SMILES string of the molecule is CCCCCCCCCCCCCCCCCCCCC(=O)O[C@H](COC(=O)CCCCCCCCCCCCCCCC)COP(=O)(O)OC[C@@H](O)COP(=O)(O)OC[C@@H](COC(=O)CCCCCCCCCCCC(C)C)OC(=O)CCCCCCCCCCCC(C)C. The molecular formula is C77H150O17P2. The lowest BCUT2D eigenvalue weighted by Crippen LogP contribution is -2.30. The van der Waals surface area contributed by atoms with E-state index in [9.17, 15) is 43.2 Å². The first kappa shape index (κ1) is 94.1. The van der Waals surface area contributed by atoms with Crippen LogP contribution in [-0.4, -0.2) is 96.7 Å². The second-order valence-electron chi connectivity index (χ2n) is 28.7. The standard InChI is InChI=1S/C77H150O17P2/c1-7-9-11-13-15-17-19-21-23-24-25-26-28-30-36-43-49-55-61-76(81)93-72(65-87-74(79)59-53-47-41-35-29-27-22-20-18-16-14-12-10-8-2)67-91-95(83,84)89-63-71(78)64-90-96(85,86)92-68-73(94-77(82)62-56-50-44-38-32-34-40-46-52-58-70(5)6)66-88-75(80)60-54-48-42-37-31-33-39-45-51-57-69(3)4/h69-73,78H,7-68H2,1-6H3,(H,83,84)(H,85,86)/t71-,72-,73-/m1/s1. The predicted octanol–water partition coefficient (Wildman–Crippen LogP) is 22.7. The smallest absolute Gasteiger partial charge is 0.462 e. The highest BCUT2D eigenvalue weighted by atomic mass is 31.2. The summed E-state index contributed by atoms with van der Waals surface area (Å²) < 4.78 is 68.6. The van der Waals surface area contributed by atoms with Crippen molar-refractivity contribution in [2.75, 3.05) is 39.6 Å². The lowest BCUT2D eigenvalue weighted by atomic mass is 10.0. The first-order valence-corrected chi connectivity index (χ1v) is 43.0. The van der Waals surface area contributed by atoms with E-state index in [1.807, 2.05) is 0 Å². The number of rotatable bonds is 76. The van der Waals surface area contributed by atoms with Crippen LogP contribution in [0.2, 0.25) is 0 Å². The van der Waals surface area contributed by atoms with Gasteiger partial charge in [0.05, 0.1) is 26.4 Å². The number of aliphatic hydroxyl groups excluding tert-OH is 1. The Labute approximate surface area is 588 Å². The van der Waals surface area contributed by atoms with Crippen LogP contribution in [0, 0.1) is 11.8 Å². The first-order chi connectivity index (χ1) is 46.4. The summed E-state index contributed by atoms with van der Waals surface area (Å²) in [6.07, 6.45) is 56.8. The second-order valence-corrected chi connectivity index (χ2v) is 31.6. The number of esters is 4. The average molecular weight is 1410 g/mol. The van der Waals surface area contributed by atoms with Crippen LogP contribution < -0.4 is 0 Å². The van der Waals surface area contributed by atoms with Gasteiger partial charge in [0.2, 0.25) is 0 Å². The van der Waals surface area contributed by atoms with Gasteiger partial charge in [-0.2, -0.15) is 0 Å². The largest absolute Gasteiger partial charge is 0.472 e. The number of phosphoric acid groups is 2. The third-order valence-corrected chi connectivity index (χ3v) is 19.9. The van der Waals surface area contributed by atoms with E-state index in [-0.39, 0.29) is 25.7 Å². The lowest BCUT2D eigenvalue weighted by Gasteiger charge is -2.21. The number of unbranched alkanes of at least 4 members (excludes halogenated alkanes) is 46. The zero-order valence-corrected chi connectivity index (χ0v) is 64.5. The fraction of sp³-hybridized carbons (Fsp3) is 0.948. The number of phosphoric ester groups is 2. The molecule has 5 atom stereocenters. The predicted molar refractivity (Wildman–Crippen MR) is 391 cm³/mol. The molecule has 0 spiro atoms. The molecule has 0 aliphatic rings. The fourth-order valence-electron chi connectivity index (χ4n) is 11.8. The van der Waals surface area contributed by atoms with Crippen molar-refractivity contribution in [2.24, 2.45) is 11.8 Å². The van der Waals surface area contributed by atoms with Crippen LogP contribution in [0.5, 0.6) is 0 Å². The maximum atomic E-state index is 13.1. The molecule has 0 rings (SSSR count). The molecule has 96 heavy (non-hydrogen) atoms. The van der Waals surface area contributed by atoms with Crippen LogP contribution in [0.1, 0.15) is 401 Å². The summed E-state index contributed by atoms with van der Waals surface area (Å²) in [7, 11) is -9.91. The molecule has 570 valence electrons. The molecule has 0 aromatic rings. The summed E-state index contributed by atoms with van der Waals surface area (Å²) in [5, 5.41) is 10.6. The van der Waals surface area contributed by atoms with Gasteiger partial charge in [-0.05, 0) is 37.5 Å². The van der Waals surface area contributed by atoms with E-state index in [2.05, 4.69) is 41.5 Å². The number of aliphatic hydroxyl groups is 1. The number of carbonyl (C=O) groups excluding carboxylic acids is 4. The van der Waals surface area contributed by atoms with Crippen molar-refractivity contribution in [1.82, 2.24) is 0 Å². The molecule has 0 fully saturated rings. The van der Waals surface area contributed by atoms with Crippen LogP contribution in [0.25, 0.3) is 0 Å². The first-order valence-electron chi connectivity index (χ1n) is 40.0. The summed E-state index contributed by atoms with van der Waals surface area (Å²) >= 11 is 0. The zero-order chi connectivity index (χ0) is 70.7. The monoisotopic (exact) mass is 1410 g/mol. The molecule has 0 saturated heterocycles. The third kappa shape index (κ3) is 70.5. The zero-order valence-electron chi connectivity index (χ0n) is 62.7. The normalized spacial score (nSPS) is 14.0. The topological polar surface area (TPSA) is 237 Å². The van der Waals surface area contributed by atoms with Crippen LogP contribution in [0.3, 0.4) is 0 Å². The Bertz CT molecular complexity index is 1860. The number of ether oxygens (including phenoxy) is 4. The summed E-state index contributed by atoms with van der Waals surface area (Å²) in [6, 6.07) is 0. The molecule has 0 saturated carbocycles. The van der Waals surface area contributed by atoms with E-state index in [1.165, 1.54) is 218 Å². The van der Waals surface area contributed by atoms with Gasteiger partial charge in [0.1, 0.15) is 19.3 Å². The highest BCUT2D eigenvalue weighted by Crippen LogP contribution is 2.45. The summed E-state index contributed by atoms with van der Waals surface area (Å²) in [6.45, 7) is 9.57. The van der Waals surface area contributed by atoms with Crippen LogP contribution in [0.4, 0.5) is 0 Å². The minimum absolute atomic E-state index is 0.105. The Morgan fingerprint density at radius 1 is 0.281 bits per heavy atom. The molecule has 19 heteroatoms. The Morgan fingerprint density at radius 3 is 0.708 bits per heavy atom. The molecule has 3 N–H and O–H groups in total. The minimum Gasteiger partial charge on any atom is -0.462 e. The van der Waals surface area contributed by atoms with E-state index >= 15 is 0 Å². The second kappa shape index (κ2) is 68.8. The number of hydrogen-bond donors (Lipinski definition) is 3. The van der Waals surface area contributed by atoms with Gasteiger partial charge in [0.15, 0.2) is 12.2 Å². The maximum Gasteiger partial charge on any atom is 0.472 e. The van der Waals surface area contributed by atoms with Crippen molar-refractivity contribution in [3.05, 3.63) is 0 Å². The van der Waals surface area contributed by atoms with Crippen LogP contribution in [-0.2, 0) is 65.4 Å². The fourth-order valence-corrected chi connectivity index (χ4v) is 13.4. The molecule has 0 amide bonds. The van der Waals surface area contributed by atoms with Gasteiger partial charge in [0, 0.05) is 25.7 Å². The van der Waals surface area contributed by atoms with Crippen molar-refractivity contribution in [3.63, 3.8) is 0 Å². The highest BCUT2D eigenvalue weighted by Gasteiger charge is 2.30. The van der Waals surface area contributed by atoms with Gasteiger partial charge in [-0.1, -0.05) is 350 Å². The minimum atomic E-state index is -4.96. The van der Waals surface area contributed by atoms with Gasteiger partial charge in [-0.3, -0.25) is 37.3 Å². The van der Waals surface area contributed by atoms with Crippen LogP contribution in [0.15, 0.2) is 0 Å². The van der Waals surface area contributed by atoms with E-state index in [4.69, 9.17) is 37.0 Å². The van der Waals surface area contributed by atoms with E-state index in [0.717, 1.165) is 102 Å². The van der Waals surface area contributed by atoms with E-state index in [1.54, 1.807) is 0 Å². The molecule has 0 bridgehead atoms. The van der Waals surface area contributed by atoms with Crippen molar-refractivity contribution >= 4 is 39.5 Å². The van der Waals surface area contributed by atoms with Crippen LogP contribution >= 0.6 is 15.6 Å². The van der Waals surface area contributed by atoms with Gasteiger partial charge in [-0.15, -0.1) is 0 Å². The molecule has 17 nitrogen and oxygen atoms in total. The highest BCUT2D eigenvalue weighted by molar-refractivity contribution is 7.47. The van der Waals surface area contributed by atoms with Gasteiger partial charge >= 0.3 is 39.5 Å². The number of hydrogen-bond acceptors (Lipinski definition) is 15. The summed E-state index contributed by atoms with van der Waals surface area (Å²) in [5.74, 6) is -0.633. The Hall–Kier alpha value is -1.94. The molecule has 0 radical (unpaired) electrons. The maximum absolute atomic E-state index is 13.1. The quantitative estimate of drug-likeness (QED) is 0.0222. The van der Waals surface area contributed by atoms with Gasteiger partial charge < -0.3 is 33.8 Å². The van der Waals surface area contributed by atoms with E-state index in [0.29, 0.717) is 25.7 Å². The van der Waals surface area contributed by atoms with Crippen molar-refractivity contribution in [3.8, 4) is 0 Å². The Kier molecular flexibility index (Phi) is 67.4. The molecule has 2 unspecified atom stereocenters. The lowest BCUT2D eigenvalue weighted by molar-refractivity contribution is -0.161. The average Bonchev–Trinajstić information content (AvgIpc) is 1.12. The third-order valence-electron chi connectivity index (χ3n) is 18.0. The summed E-state index contributed by atoms with van der Waals surface area (Å²) in [4.78, 5) is 72.9. The molecule has 0 heterocycles. The Morgan fingerprint density at radius 2 is 0.479 bits per heavy atom. The molecule has 0 aromatic carbocycles. The molecule has 0 aliphatic carbocycles. The van der Waals surface area contributed by atoms with Crippen molar-refractivity contribution in [1.29, 1.82) is 0 Å². The molecule has 0 aliphatic heterocycles. The molecular weight excluding hydrogens is 1260 g/mol. The number of carbonyl (C=O) groups is 4. The van der Waals surface area contributed by atoms with E-state index < -0.39 is 97.5 Å². The van der Waals surface area contributed by atoms with Gasteiger partial charge in [0.25, 0.3) is 0 Å². The Balaban J connectivity index is 5.25. The van der Waals surface area contributed by atoms with Crippen molar-refractivity contribution < 1.29 is 80.2 Å². The summed E-state index contributed by atoms with van der Waals surface area (Å²) in [5.41, 5.74) is 0.